The van der Waals surface area contributed by atoms with Crippen molar-refractivity contribution < 1.29 is 14.6 Å². The maximum absolute atomic E-state index is 12.1. The van der Waals surface area contributed by atoms with Crippen LogP contribution >= 0.6 is 0 Å². The van der Waals surface area contributed by atoms with Gasteiger partial charge in [0, 0.05) is 0 Å². The van der Waals surface area contributed by atoms with E-state index in [9.17, 15) is 9.90 Å². The Kier molecular flexibility index (Phi) is 3.72. The minimum absolute atomic E-state index is 0.0712. The van der Waals surface area contributed by atoms with E-state index in [1.807, 2.05) is 6.92 Å². The summed E-state index contributed by atoms with van der Waals surface area (Å²) in [5.74, 6) is 2.68. The van der Waals surface area contributed by atoms with Crippen molar-refractivity contribution in [2.45, 2.75) is 58.8 Å². The molecule has 136 valence electrons. The fourth-order valence-electron chi connectivity index (χ4n) is 6.70. The monoisotopic (exact) mass is 342 g/mol. The van der Waals surface area contributed by atoms with Crippen molar-refractivity contribution in [2.75, 3.05) is 7.11 Å². The first-order valence-corrected chi connectivity index (χ1v) is 9.72. The van der Waals surface area contributed by atoms with E-state index in [4.69, 9.17) is 4.74 Å². The van der Waals surface area contributed by atoms with E-state index in [0.717, 1.165) is 37.9 Å². The van der Waals surface area contributed by atoms with E-state index >= 15 is 0 Å². The van der Waals surface area contributed by atoms with E-state index in [2.05, 4.69) is 32.0 Å². The van der Waals surface area contributed by atoms with E-state index in [1.54, 1.807) is 7.11 Å². The Hall–Kier alpha value is -1.51. The molecule has 2 fully saturated rings. The molecule has 0 saturated heterocycles. The molecule has 0 amide bonds. The van der Waals surface area contributed by atoms with Gasteiger partial charge >= 0.3 is 5.97 Å². The van der Waals surface area contributed by atoms with Crippen molar-refractivity contribution in [3.63, 3.8) is 0 Å². The number of rotatable bonds is 2. The Morgan fingerprint density at radius 3 is 2.68 bits per heavy atom. The van der Waals surface area contributed by atoms with Gasteiger partial charge in [0.25, 0.3) is 0 Å². The first-order valence-electron chi connectivity index (χ1n) is 9.72. The molecule has 0 aliphatic heterocycles. The van der Waals surface area contributed by atoms with Crippen LogP contribution in [0.15, 0.2) is 18.2 Å². The zero-order chi connectivity index (χ0) is 18.0. The number of benzene rings is 1. The number of carboxylic acids is 1. The molecule has 1 aromatic rings. The lowest BCUT2D eigenvalue weighted by Crippen LogP contribution is -2.50. The molecular weight excluding hydrogens is 312 g/mol. The maximum Gasteiger partial charge on any atom is 0.309 e. The van der Waals surface area contributed by atoms with Gasteiger partial charge in [-0.15, -0.1) is 0 Å². The second-order valence-electron chi connectivity index (χ2n) is 9.17. The molecule has 1 N–H and O–H groups in total. The summed E-state index contributed by atoms with van der Waals surface area (Å²) in [6, 6.07) is 6.58. The summed E-state index contributed by atoms with van der Waals surface area (Å²) < 4.78 is 5.43. The van der Waals surface area contributed by atoms with Gasteiger partial charge in [0.15, 0.2) is 0 Å². The molecule has 1 aromatic carbocycles. The highest BCUT2D eigenvalue weighted by Crippen LogP contribution is 2.68. The molecule has 3 nitrogen and oxygen atoms in total. The number of ether oxygens (including phenoxy) is 1. The maximum atomic E-state index is 12.1. The minimum atomic E-state index is -0.593. The lowest BCUT2D eigenvalue weighted by molar-refractivity contribution is -0.159. The standard InChI is InChI=1S/C22H30O3/c1-13-11-14-12-15(25-4)5-6-16(14)17-7-9-21(2)18(19(13)17)8-10-22(21,3)20(23)24/h5-6,12-13,17-19H,7-11H2,1-4H3,(H,23,24)/t13-,17-,18-,19-,21+,22+/m1/s1. The number of carboxylic acid groups (broad SMARTS) is 1. The van der Waals surface area contributed by atoms with Gasteiger partial charge < -0.3 is 9.84 Å². The van der Waals surface area contributed by atoms with Crippen LogP contribution in [0.5, 0.6) is 5.75 Å². The van der Waals surface area contributed by atoms with Crippen LogP contribution in [0.3, 0.4) is 0 Å². The lowest BCUT2D eigenvalue weighted by atomic mass is 9.49. The topological polar surface area (TPSA) is 46.5 Å². The van der Waals surface area contributed by atoms with E-state index in [0.29, 0.717) is 23.7 Å². The number of hydrogen-bond donors (Lipinski definition) is 1. The van der Waals surface area contributed by atoms with Gasteiger partial charge in [-0.3, -0.25) is 4.79 Å². The number of methoxy groups -OCH3 is 1. The summed E-state index contributed by atoms with van der Waals surface area (Å²) in [5.41, 5.74) is 2.30. The highest BCUT2D eigenvalue weighted by atomic mass is 16.5. The van der Waals surface area contributed by atoms with E-state index in [1.165, 1.54) is 11.1 Å². The molecule has 25 heavy (non-hydrogen) atoms. The Morgan fingerprint density at radius 2 is 2.00 bits per heavy atom. The van der Waals surface area contributed by atoms with Gasteiger partial charge in [0.1, 0.15) is 5.75 Å². The van der Waals surface area contributed by atoms with Crippen LogP contribution in [0, 0.1) is 28.6 Å². The van der Waals surface area contributed by atoms with Gasteiger partial charge in [-0.25, -0.2) is 0 Å². The Bertz CT molecular complexity index is 711. The molecular formula is C22H30O3. The van der Waals surface area contributed by atoms with Crippen LogP contribution in [-0.2, 0) is 11.2 Å². The molecule has 2 saturated carbocycles. The van der Waals surface area contributed by atoms with Crippen molar-refractivity contribution in [1.29, 1.82) is 0 Å². The third-order valence-corrected chi connectivity index (χ3v) is 8.36. The number of hydrogen-bond acceptors (Lipinski definition) is 2. The smallest absolute Gasteiger partial charge is 0.309 e. The van der Waals surface area contributed by atoms with Crippen LogP contribution in [0.25, 0.3) is 0 Å². The number of fused-ring (bicyclic) bond motifs is 5. The zero-order valence-electron chi connectivity index (χ0n) is 15.8. The molecule has 0 spiro atoms. The van der Waals surface area contributed by atoms with Gasteiger partial charge in [-0.05, 0) is 91.4 Å². The van der Waals surface area contributed by atoms with Crippen molar-refractivity contribution >= 4 is 5.97 Å². The number of carbonyl (C=O) groups is 1. The van der Waals surface area contributed by atoms with Gasteiger partial charge in [-0.1, -0.05) is 19.9 Å². The first-order chi connectivity index (χ1) is 11.8. The Balaban J connectivity index is 1.74. The zero-order valence-corrected chi connectivity index (χ0v) is 15.8. The SMILES string of the molecule is COc1ccc2c(c1)C[C@@H](C)[C@@H]1[C@@H]2CC[C@@]2(C)[C@@H]1CC[C@@]2(C)C(=O)O. The largest absolute Gasteiger partial charge is 0.497 e. The minimum Gasteiger partial charge on any atom is -0.497 e. The summed E-state index contributed by atoms with van der Waals surface area (Å²) in [6.07, 6.45) is 5.12. The highest BCUT2D eigenvalue weighted by Gasteiger charge is 2.63. The predicted octanol–water partition coefficient (Wildman–Crippen LogP) is 4.89. The van der Waals surface area contributed by atoms with E-state index in [-0.39, 0.29) is 5.41 Å². The van der Waals surface area contributed by atoms with Crippen LogP contribution in [0.2, 0.25) is 0 Å². The van der Waals surface area contributed by atoms with Crippen LogP contribution in [0.4, 0.5) is 0 Å². The van der Waals surface area contributed by atoms with Crippen LogP contribution < -0.4 is 4.74 Å². The molecule has 3 heteroatoms. The van der Waals surface area contributed by atoms with Crippen LogP contribution in [0.1, 0.15) is 63.5 Å². The summed E-state index contributed by atoms with van der Waals surface area (Å²) >= 11 is 0. The predicted molar refractivity (Wildman–Crippen MR) is 97.9 cm³/mol. The van der Waals surface area contributed by atoms with Crippen LogP contribution in [-0.4, -0.2) is 18.2 Å². The molecule has 0 aromatic heterocycles. The molecule has 4 rings (SSSR count). The van der Waals surface area contributed by atoms with Gasteiger partial charge in [-0.2, -0.15) is 0 Å². The molecule has 3 aliphatic carbocycles. The fourth-order valence-corrected chi connectivity index (χ4v) is 6.70. The molecule has 0 unspecified atom stereocenters. The van der Waals surface area contributed by atoms with E-state index < -0.39 is 11.4 Å². The molecule has 0 bridgehead atoms. The van der Waals surface area contributed by atoms with Crippen molar-refractivity contribution in [2.24, 2.45) is 28.6 Å². The summed E-state index contributed by atoms with van der Waals surface area (Å²) in [7, 11) is 1.73. The third-order valence-electron chi connectivity index (χ3n) is 8.36. The van der Waals surface area contributed by atoms with Crippen molar-refractivity contribution in [3.05, 3.63) is 29.3 Å². The summed E-state index contributed by atoms with van der Waals surface area (Å²) in [6.45, 7) is 6.65. The highest BCUT2D eigenvalue weighted by molar-refractivity contribution is 5.76. The average molecular weight is 342 g/mol. The molecule has 0 heterocycles. The third kappa shape index (κ3) is 2.14. The molecule has 3 aliphatic rings. The number of aliphatic carboxylic acids is 1. The quantitative estimate of drug-likeness (QED) is 0.832. The Labute approximate surface area is 150 Å². The summed E-state index contributed by atoms with van der Waals surface area (Å²) in [5, 5.41) is 9.94. The normalized spacial score (nSPS) is 42.2. The van der Waals surface area contributed by atoms with Crippen molar-refractivity contribution in [1.82, 2.24) is 0 Å². The fraction of sp³-hybridized carbons (Fsp3) is 0.682. The second-order valence-corrected chi connectivity index (χ2v) is 9.17. The summed E-state index contributed by atoms with van der Waals surface area (Å²) in [4.78, 5) is 12.1. The Morgan fingerprint density at radius 1 is 1.24 bits per heavy atom. The lowest BCUT2D eigenvalue weighted by Gasteiger charge is -2.54. The van der Waals surface area contributed by atoms with Gasteiger partial charge in [0.05, 0.1) is 12.5 Å². The second kappa shape index (κ2) is 5.49. The van der Waals surface area contributed by atoms with Crippen molar-refractivity contribution in [3.8, 4) is 5.75 Å². The molecule has 6 atom stereocenters. The average Bonchev–Trinajstić information content (AvgIpc) is 2.87. The molecule has 0 radical (unpaired) electrons. The van der Waals surface area contributed by atoms with Gasteiger partial charge in [0.2, 0.25) is 0 Å². The first kappa shape index (κ1) is 16.9.